The van der Waals surface area contributed by atoms with Gasteiger partial charge in [-0.25, -0.2) is 4.98 Å². The molecule has 4 nitrogen and oxygen atoms in total. The van der Waals surface area contributed by atoms with E-state index in [0.29, 0.717) is 12.2 Å². The Hall–Kier alpha value is -1.58. The van der Waals surface area contributed by atoms with Crippen molar-refractivity contribution in [3.63, 3.8) is 0 Å². The molecular weight excluding hydrogens is 250 g/mol. The second-order valence-electron chi connectivity index (χ2n) is 5.72. The van der Waals surface area contributed by atoms with E-state index in [4.69, 9.17) is 0 Å². The van der Waals surface area contributed by atoms with Crippen molar-refractivity contribution in [2.75, 3.05) is 23.3 Å². The van der Waals surface area contributed by atoms with Crippen molar-refractivity contribution in [1.82, 2.24) is 4.98 Å². The Morgan fingerprint density at radius 3 is 2.75 bits per heavy atom. The number of unbranched alkanes of at least 4 members (excludes halogenated alkanes) is 1. The van der Waals surface area contributed by atoms with Gasteiger partial charge in [0, 0.05) is 19.5 Å². The minimum absolute atomic E-state index is 0.0545. The van der Waals surface area contributed by atoms with Gasteiger partial charge in [0.05, 0.1) is 11.9 Å². The number of pyridine rings is 1. The first-order valence-electron chi connectivity index (χ1n) is 7.70. The third kappa shape index (κ3) is 4.22. The van der Waals surface area contributed by atoms with Crippen LogP contribution in [-0.2, 0) is 4.79 Å². The van der Waals surface area contributed by atoms with Crippen LogP contribution >= 0.6 is 0 Å². The third-order valence-electron chi connectivity index (χ3n) is 3.92. The Morgan fingerprint density at radius 1 is 1.40 bits per heavy atom. The molecule has 0 unspecified atom stereocenters. The molecule has 1 N–H and O–H groups in total. The fourth-order valence-corrected chi connectivity index (χ4v) is 2.46. The summed E-state index contributed by atoms with van der Waals surface area (Å²) < 4.78 is 0. The van der Waals surface area contributed by atoms with Crippen LogP contribution in [0.25, 0.3) is 0 Å². The van der Waals surface area contributed by atoms with Crippen LogP contribution in [0.5, 0.6) is 0 Å². The van der Waals surface area contributed by atoms with Crippen LogP contribution in [0.15, 0.2) is 18.3 Å². The van der Waals surface area contributed by atoms with Gasteiger partial charge < -0.3 is 10.2 Å². The first-order valence-corrected chi connectivity index (χ1v) is 7.70. The lowest BCUT2D eigenvalue weighted by molar-refractivity contribution is -0.116. The van der Waals surface area contributed by atoms with E-state index >= 15 is 0 Å². The number of carbonyl (C=O) groups excluding carboxylic acids is 1. The molecular formula is C16H25N3O. The molecule has 20 heavy (non-hydrogen) atoms. The summed E-state index contributed by atoms with van der Waals surface area (Å²) in [6, 6.07) is 3.95. The maximum Gasteiger partial charge on any atom is 0.225 e. The van der Waals surface area contributed by atoms with Gasteiger partial charge in [-0.3, -0.25) is 4.79 Å². The van der Waals surface area contributed by atoms with E-state index in [1.54, 1.807) is 0 Å². The molecule has 1 aromatic heterocycles. The first kappa shape index (κ1) is 14.8. The van der Waals surface area contributed by atoms with E-state index in [-0.39, 0.29) is 5.91 Å². The number of amides is 1. The first-order chi connectivity index (χ1) is 9.69. The van der Waals surface area contributed by atoms with Crippen molar-refractivity contribution in [3.05, 3.63) is 18.3 Å². The van der Waals surface area contributed by atoms with Crippen molar-refractivity contribution in [2.45, 2.75) is 46.0 Å². The highest BCUT2D eigenvalue weighted by atomic mass is 16.1. The van der Waals surface area contributed by atoms with Gasteiger partial charge in [-0.1, -0.05) is 20.3 Å². The molecule has 110 valence electrons. The SMILES string of the molecule is CCCCC(=O)Nc1ccc(N2CCC(C)CC2)cn1. The smallest absolute Gasteiger partial charge is 0.225 e. The van der Waals surface area contributed by atoms with Crippen molar-refractivity contribution in [1.29, 1.82) is 0 Å². The Kier molecular flexibility index (Phi) is 5.39. The third-order valence-corrected chi connectivity index (χ3v) is 3.92. The molecule has 1 aromatic rings. The zero-order valence-electron chi connectivity index (χ0n) is 12.6. The molecule has 0 aromatic carbocycles. The summed E-state index contributed by atoms with van der Waals surface area (Å²) in [6.45, 7) is 6.60. The highest BCUT2D eigenvalue weighted by Gasteiger charge is 2.16. The molecule has 2 rings (SSSR count). The van der Waals surface area contributed by atoms with Crippen LogP contribution in [0.1, 0.15) is 46.0 Å². The number of nitrogens with one attached hydrogen (secondary N) is 1. The molecule has 1 amide bonds. The Bertz CT molecular complexity index is 422. The predicted octanol–water partition coefficient (Wildman–Crippen LogP) is 3.45. The van der Waals surface area contributed by atoms with Gasteiger partial charge in [0.15, 0.2) is 0 Å². The number of hydrogen-bond donors (Lipinski definition) is 1. The van der Waals surface area contributed by atoms with Crippen molar-refractivity contribution < 1.29 is 4.79 Å². The predicted molar refractivity (Wildman–Crippen MR) is 83.0 cm³/mol. The minimum atomic E-state index is 0.0545. The number of aromatic nitrogens is 1. The van der Waals surface area contributed by atoms with Gasteiger partial charge >= 0.3 is 0 Å². The number of piperidine rings is 1. The lowest BCUT2D eigenvalue weighted by Crippen LogP contribution is -2.32. The lowest BCUT2D eigenvalue weighted by atomic mass is 9.99. The lowest BCUT2D eigenvalue weighted by Gasteiger charge is -2.31. The molecule has 0 bridgehead atoms. The van der Waals surface area contributed by atoms with Crippen LogP contribution in [0.2, 0.25) is 0 Å². The van der Waals surface area contributed by atoms with Crippen LogP contribution < -0.4 is 10.2 Å². The topological polar surface area (TPSA) is 45.2 Å². The fourth-order valence-electron chi connectivity index (χ4n) is 2.46. The fraction of sp³-hybridized carbons (Fsp3) is 0.625. The summed E-state index contributed by atoms with van der Waals surface area (Å²) >= 11 is 0. The Labute approximate surface area is 121 Å². The molecule has 0 atom stereocenters. The molecule has 0 saturated carbocycles. The second-order valence-corrected chi connectivity index (χ2v) is 5.72. The molecule has 4 heteroatoms. The van der Waals surface area contributed by atoms with Crippen molar-refractivity contribution in [3.8, 4) is 0 Å². The van der Waals surface area contributed by atoms with E-state index in [1.807, 2.05) is 12.3 Å². The van der Waals surface area contributed by atoms with Crippen LogP contribution in [-0.4, -0.2) is 24.0 Å². The van der Waals surface area contributed by atoms with Gasteiger partial charge in [0.25, 0.3) is 0 Å². The van der Waals surface area contributed by atoms with Gasteiger partial charge in [0.1, 0.15) is 5.82 Å². The van der Waals surface area contributed by atoms with Gasteiger partial charge in [-0.2, -0.15) is 0 Å². The van der Waals surface area contributed by atoms with Crippen molar-refractivity contribution in [2.24, 2.45) is 5.92 Å². The maximum absolute atomic E-state index is 11.6. The summed E-state index contributed by atoms with van der Waals surface area (Å²) in [5.41, 5.74) is 1.16. The highest BCUT2D eigenvalue weighted by Crippen LogP contribution is 2.22. The van der Waals surface area contributed by atoms with Gasteiger partial charge in [-0.05, 0) is 37.3 Å². The van der Waals surface area contributed by atoms with E-state index in [1.165, 1.54) is 12.8 Å². The largest absolute Gasteiger partial charge is 0.370 e. The van der Waals surface area contributed by atoms with E-state index in [9.17, 15) is 4.79 Å². The Balaban J connectivity index is 1.88. The zero-order valence-corrected chi connectivity index (χ0v) is 12.6. The molecule has 1 aliphatic rings. The van der Waals surface area contributed by atoms with Crippen molar-refractivity contribution >= 4 is 17.4 Å². The monoisotopic (exact) mass is 275 g/mol. The summed E-state index contributed by atoms with van der Waals surface area (Å²) in [6.07, 6.45) is 6.89. The Morgan fingerprint density at radius 2 is 2.15 bits per heavy atom. The number of carbonyl (C=O) groups is 1. The van der Waals surface area contributed by atoms with E-state index < -0.39 is 0 Å². The molecule has 1 aliphatic heterocycles. The van der Waals surface area contributed by atoms with Crippen LogP contribution in [0, 0.1) is 5.92 Å². The highest BCUT2D eigenvalue weighted by molar-refractivity contribution is 5.89. The molecule has 1 saturated heterocycles. The molecule has 0 radical (unpaired) electrons. The summed E-state index contributed by atoms with van der Waals surface area (Å²) in [5, 5.41) is 2.85. The number of rotatable bonds is 5. The number of nitrogens with zero attached hydrogens (tertiary/aromatic N) is 2. The van der Waals surface area contributed by atoms with Crippen LogP contribution in [0.3, 0.4) is 0 Å². The number of anilines is 2. The van der Waals surface area contributed by atoms with E-state index in [0.717, 1.165) is 37.5 Å². The average molecular weight is 275 g/mol. The molecule has 0 aliphatic carbocycles. The van der Waals surface area contributed by atoms with Crippen LogP contribution in [0.4, 0.5) is 11.5 Å². The summed E-state index contributed by atoms with van der Waals surface area (Å²) in [5.74, 6) is 1.54. The molecule has 2 heterocycles. The molecule has 1 fully saturated rings. The average Bonchev–Trinajstić information content (AvgIpc) is 2.47. The second kappa shape index (κ2) is 7.27. The number of hydrogen-bond acceptors (Lipinski definition) is 3. The summed E-state index contributed by atoms with van der Waals surface area (Å²) in [7, 11) is 0. The minimum Gasteiger partial charge on any atom is -0.370 e. The van der Waals surface area contributed by atoms with Gasteiger partial charge in [-0.15, -0.1) is 0 Å². The van der Waals surface area contributed by atoms with Gasteiger partial charge in [0.2, 0.25) is 5.91 Å². The quantitative estimate of drug-likeness (QED) is 0.895. The molecule has 0 spiro atoms. The maximum atomic E-state index is 11.6. The zero-order chi connectivity index (χ0) is 14.4. The van der Waals surface area contributed by atoms with E-state index in [2.05, 4.69) is 35.1 Å². The summed E-state index contributed by atoms with van der Waals surface area (Å²) in [4.78, 5) is 18.4. The normalized spacial score (nSPS) is 16.2. The standard InChI is InChI=1S/C16H25N3O/c1-3-4-5-16(20)18-15-7-6-14(12-17-15)19-10-8-13(2)9-11-19/h6-7,12-13H,3-5,8-11H2,1-2H3,(H,17,18,20).